The lowest BCUT2D eigenvalue weighted by atomic mass is 9.93. The van der Waals surface area contributed by atoms with Gasteiger partial charge in [-0.25, -0.2) is 0 Å². The zero-order valence-electron chi connectivity index (χ0n) is 17.9. The Labute approximate surface area is 179 Å². The average Bonchev–Trinajstić information content (AvgIpc) is 3.50. The first-order valence-corrected chi connectivity index (χ1v) is 11.4. The summed E-state index contributed by atoms with van der Waals surface area (Å²) in [6.07, 6.45) is 8.24. The number of benzene rings is 2. The molecule has 152 valence electrons. The van der Waals surface area contributed by atoms with E-state index in [1.807, 2.05) is 6.20 Å². The molecular weight excluding hydrogens is 366 g/mol. The second-order valence-electron chi connectivity index (χ2n) is 9.04. The van der Waals surface area contributed by atoms with Crippen LogP contribution in [0.15, 0.2) is 60.8 Å². The van der Waals surface area contributed by atoms with Gasteiger partial charge in [-0.1, -0.05) is 56.3 Å². The van der Waals surface area contributed by atoms with E-state index >= 15 is 0 Å². The predicted molar refractivity (Wildman–Crippen MR) is 122 cm³/mol. The van der Waals surface area contributed by atoms with Crippen LogP contribution in [0.1, 0.15) is 84.6 Å². The van der Waals surface area contributed by atoms with Gasteiger partial charge in [0.15, 0.2) is 5.78 Å². The van der Waals surface area contributed by atoms with Crippen LogP contribution in [0.2, 0.25) is 0 Å². The van der Waals surface area contributed by atoms with Crippen molar-refractivity contribution in [3.05, 3.63) is 88.7 Å². The maximum Gasteiger partial charge on any atom is 0.162 e. The number of Topliss-reactive ketones (excluding diaryl/α,β-unsaturated/α-hetero) is 1. The molecular formula is C28H29NO. The van der Waals surface area contributed by atoms with Gasteiger partial charge in [-0.2, -0.15) is 0 Å². The highest BCUT2D eigenvalue weighted by Crippen LogP contribution is 2.61. The summed E-state index contributed by atoms with van der Waals surface area (Å²) in [4.78, 5) is 17.4. The third-order valence-electron chi connectivity index (χ3n) is 7.06. The van der Waals surface area contributed by atoms with Crippen LogP contribution >= 0.6 is 0 Å². The molecule has 1 aromatic heterocycles. The highest BCUT2D eigenvalue weighted by molar-refractivity contribution is 5.96. The highest BCUT2D eigenvalue weighted by Gasteiger charge is 2.52. The summed E-state index contributed by atoms with van der Waals surface area (Å²) >= 11 is 0. The van der Waals surface area contributed by atoms with Gasteiger partial charge in [-0.3, -0.25) is 9.78 Å². The molecule has 0 radical (unpaired) electrons. The van der Waals surface area contributed by atoms with Crippen molar-refractivity contribution in [1.82, 2.24) is 4.98 Å². The zero-order valence-corrected chi connectivity index (χ0v) is 17.9. The largest absolute Gasteiger partial charge is 0.294 e. The van der Waals surface area contributed by atoms with E-state index in [4.69, 9.17) is 4.98 Å². The first kappa shape index (κ1) is 19.2. The maximum absolute atomic E-state index is 12.5. The summed E-state index contributed by atoms with van der Waals surface area (Å²) < 4.78 is 0. The summed E-state index contributed by atoms with van der Waals surface area (Å²) in [7, 11) is 0. The zero-order chi connectivity index (χ0) is 20.7. The quantitative estimate of drug-likeness (QED) is 0.427. The molecule has 1 saturated carbocycles. The lowest BCUT2D eigenvalue weighted by Gasteiger charge is -2.13. The smallest absolute Gasteiger partial charge is 0.162 e. The molecule has 0 N–H and O–H groups in total. The van der Waals surface area contributed by atoms with Gasteiger partial charge in [0.25, 0.3) is 0 Å². The van der Waals surface area contributed by atoms with E-state index in [1.165, 1.54) is 40.7 Å². The molecule has 1 heterocycles. The van der Waals surface area contributed by atoms with Crippen molar-refractivity contribution >= 4 is 5.78 Å². The Morgan fingerprint density at radius 1 is 1.03 bits per heavy atom. The average molecular weight is 396 g/mol. The number of ketones is 1. The Bertz CT molecular complexity index is 1090. The Morgan fingerprint density at radius 2 is 1.90 bits per heavy atom. The molecule has 2 aliphatic carbocycles. The van der Waals surface area contributed by atoms with Gasteiger partial charge >= 0.3 is 0 Å². The molecule has 2 aromatic carbocycles. The fourth-order valence-electron chi connectivity index (χ4n) is 5.13. The van der Waals surface area contributed by atoms with Crippen LogP contribution in [0.5, 0.6) is 0 Å². The Hall–Kier alpha value is -2.74. The molecule has 0 aliphatic heterocycles. The first-order valence-electron chi connectivity index (χ1n) is 11.4. The Morgan fingerprint density at radius 3 is 2.60 bits per heavy atom. The van der Waals surface area contributed by atoms with E-state index in [0.717, 1.165) is 30.5 Å². The van der Waals surface area contributed by atoms with Crippen molar-refractivity contribution in [2.24, 2.45) is 0 Å². The standard InChI is InChI=1S/C28H29NO/c1-3-6-27(30)21-9-11-25-23(16-21)24(17-28(25)13-14-28)26-12-10-22(18-29-26)20-8-5-7-19(4-2)15-20/h5,7-12,15-16,18,24H,3-4,6,13-14,17H2,1-2H3. The number of aryl methyl sites for hydroxylation is 1. The summed E-state index contributed by atoms with van der Waals surface area (Å²) in [6.45, 7) is 4.25. The number of carbonyl (C=O) groups excluding carboxylic acids is 1. The molecule has 1 unspecified atom stereocenters. The van der Waals surface area contributed by atoms with Crippen LogP contribution in [-0.4, -0.2) is 10.8 Å². The maximum atomic E-state index is 12.5. The third kappa shape index (κ3) is 3.29. The van der Waals surface area contributed by atoms with Crippen molar-refractivity contribution in [1.29, 1.82) is 0 Å². The van der Waals surface area contributed by atoms with Crippen molar-refractivity contribution < 1.29 is 4.79 Å². The molecule has 5 rings (SSSR count). The fraction of sp³-hybridized carbons (Fsp3) is 0.357. The van der Waals surface area contributed by atoms with Gasteiger partial charge < -0.3 is 0 Å². The minimum absolute atomic E-state index is 0.259. The second kappa shape index (κ2) is 7.50. The van der Waals surface area contributed by atoms with Gasteiger partial charge in [0.1, 0.15) is 0 Å². The van der Waals surface area contributed by atoms with E-state index in [1.54, 1.807) is 0 Å². The van der Waals surface area contributed by atoms with Crippen molar-refractivity contribution in [3.63, 3.8) is 0 Å². The van der Waals surface area contributed by atoms with Crippen LogP contribution in [-0.2, 0) is 11.8 Å². The Kier molecular flexibility index (Phi) is 4.81. The molecule has 1 fully saturated rings. The minimum Gasteiger partial charge on any atom is -0.294 e. The van der Waals surface area contributed by atoms with Gasteiger partial charge in [0.2, 0.25) is 0 Å². The molecule has 0 bridgehead atoms. The van der Waals surface area contributed by atoms with E-state index in [0.29, 0.717) is 17.8 Å². The molecule has 30 heavy (non-hydrogen) atoms. The highest BCUT2D eigenvalue weighted by atomic mass is 16.1. The molecule has 0 amide bonds. The van der Waals surface area contributed by atoms with Gasteiger partial charge in [-0.15, -0.1) is 0 Å². The van der Waals surface area contributed by atoms with Crippen LogP contribution in [0.25, 0.3) is 11.1 Å². The number of aromatic nitrogens is 1. The van der Waals surface area contributed by atoms with Crippen LogP contribution in [0.3, 0.4) is 0 Å². The number of pyridine rings is 1. The monoisotopic (exact) mass is 395 g/mol. The number of hydrogen-bond acceptors (Lipinski definition) is 2. The number of fused-ring (bicyclic) bond motifs is 2. The minimum atomic E-state index is 0.259. The molecule has 2 nitrogen and oxygen atoms in total. The van der Waals surface area contributed by atoms with E-state index in [-0.39, 0.29) is 5.78 Å². The molecule has 3 aromatic rings. The first-order chi connectivity index (χ1) is 14.6. The van der Waals surface area contributed by atoms with E-state index < -0.39 is 0 Å². The second-order valence-corrected chi connectivity index (χ2v) is 9.04. The van der Waals surface area contributed by atoms with E-state index in [9.17, 15) is 4.79 Å². The van der Waals surface area contributed by atoms with Gasteiger partial charge in [-0.05, 0) is 71.9 Å². The fourth-order valence-corrected chi connectivity index (χ4v) is 5.13. The number of rotatable bonds is 6. The van der Waals surface area contributed by atoms with Crippen molar-refractivity contribution in [2.75, 3.05) is 0 Å². The van der Waals surface area contributed by atoms with Gasteiger partial charge in [0, 0.05) is 35.4 Å². The topological polar surface area (TPSA) is 30.0 Å². The lowest BCUT2D eigenvalue weighted by Crippen LogP contribution is -2.03. The SMILES string of the molecule is CCCC(=O)c1ccc2c(c1)C(c1ccc(-c3cccc(CC)c3)cn1)CC21CC1. The van der Waals surface area contributed by atoms with Gasteiger partial charge in [0.05, 0.1) is 0 Å². The van der Waals surface area contributed by atoms with Crippen molar-refractivity contribution in [2.45, 2.75) is 63.7 Å². The summed E-state index contributed by atoms with van der Waals surface area (Å²) in [5, 5.41) is 0. The Balaban J connectivity index is 1.48. The number of nitrogens with zero attached hydrogens (tertiary/aromatic N) is 1. The molecule has 1 spiro atoms. The van der Waals surface area contributed by atoms with Crippen LogP contribution in [0, 0.1) is 0 Å². The summed E-state index contributed by atoms with van der Waals surface area (Å²) in [6, 6.07) is 19.6. The molecule has 2 aliphatic rings. The number of carbonyl (C=O) groups is 1. The lowest BCUT2D eigenvalue weighted by molar-refractivity contribution is 0.0981. The molecule has 0 saturated heterocycles. The summed E-state index contributed by atoms with van der Waals surface area (Å²) in [5.74, 6) is 0.558. The predicted octanol–water partition coefficient (Wildman–Crippen LogP) is 6.86. The molecule has 2 heteroatoms. The summed E-state index contributed by atoms with van der Waals surface area (Å²) in [5.41, 5.74) is 8.88. The normalized spacial score (nSPS) is 18.4. The van der Waals surface area contributed by atoms with Crippen LogP contribution in [0.4, 0.5) is 0 Å². The van der Waals surface area contributed by atoms with E-state index in [2.05, 4.69) is 68.4 Å². The third-order valence-corrected chi connectivity index (χ3v) is 7.06. The molecule has 1 atom stereocenters. The van der Waals surface area contributed by atoms with Crippen molar-refractivity contribution in [3.8, 4) is 11.1 Å². The number of hydrogen-bond donors (Lipinski definition) is 0. The van der Waals surface area contributed by atoms with Crippen LogP contribution < -0.4 is 0 Å².